The van der Waals surface area contributed by atoms with Crippen LogP contribution in [0.25, 0.3) is 0 Å². The fourth-order valence-corrected chi connectivity index (χ4v) is 0.698. The topological polar surface area (TPSA) is 52.3 Å². The van der Waals surface area contributed by atoms with Crippen molar-refractivity contribution < 1.29 is 90.1 Å². The van der Waals surface area contributed by atoms with Crippen LogP contribution < -0.4 is 5.73 Å². The first-order valence-corrected chi connectivity index (χ1v) is 3.86. The second-order valence-electron chi connectivity index (χ2n) is 2.48. The molecule has 0 saturated carbocycles. The van der Waals surface area contributed by atoms with Crippen molar-refractivity contribution in [1.29, 1.82) is 0 Å². The van der Waals surface area contributed by atoms with Crippen LogP contribution in [0, 0.1) is 87.5 Å². The van der Waals surface area contributed by atoms with Gasteiger partial charge in [-0.05, 0) is 13.3 Å². The molecule has 0 saturated heterocycles. The van der Waals surface area contributed by atoms with E-state index in [1.807, 2.05) is 6.92 Å². The second kappa shape index (κ2) is 10.6. The van der Waals surface area contributed by atoms with E-state index in [4.69, 9.17) is 10.5 Å². The summed E-state index contributed by atoms with van der Waals surface area (Å²) in [5.41, 5.74) is 4.81. The number of carbonyl (C=O) groups is 1. The molecule has 0 bridgehead atoms. The first kappa shape index (κ1) is 20.5. The molecule has 0 aliphatic rings. The largest absolute Gasteiger partial charge is 0.465 e. The molecule has 5 heteroatoms. The summed E-state index contributed by atoms with van der Waals surface area (Å²) in [6.45, 7) is 7.59. The predicted molar refractivity (Wildman–Crippen MR) is 43.8 cm³/mol. The smallest absolute Gasteiger partial charge is 0.323 e. The zero-order valence-electron chi connectivity index (χ0n) is 8.51. The van der Waals surface area contributed by atoms with Gasteiger partial charge in [0, 0.05) is 80.6 Å². The Morgan fingerprint density at radius 1 is 1.54 bits per heavy atom. The van der Waals surface area contributed by atoms with Crippen LogP contribution in [-0.2, 0) is 9.53 Å². The van der Waals surface area contributed by atoms with Crippen LogP contribution in [0.4, 0.5) is 0 Å². The van der Waals surface area contributed by atoms with Crippen molar-refractivity contribution in [2.45, 2.75) is 32.2 Å². The van der Waals surface area contributed by atoms with Gasteiger partial charge in [0.1, 0.15) is 0 Å². The number of ether oxygens (including phenoxy) is 1. The number of hydrogen-bond donors (Lipinski definition) is 1. The second-order valence-corrected chi connectivity index (χ2v) is 2.48. The predicted octanol–water partition coefficient (Wildman–Crippen LogP) is 0.881. The Morgan fingerprint density at radius 2 is 2.00 bits per heavy atom. The van der Waals surface area contributed by atoms with Gasteiger partial charge in [-0.15, -0.1) is 0 Å². The van der Waals surface area contributed by atoms with Crippen molar-refractivity contribution in [3.05, 3.63) is 6.92 Å². The molecule has 2 N–H and O–H groups in total. The average Bonchev–Trinajstić information content (AvgIpc) is 2.03. The summed E-state index contributed by atoms with van der Waals surface area (Å²) in [6, 6.07) is 0. The van der Waals surface area contributed by atoms with E-state index in [-0.39, 0.29) is 86.6 Å². The number of rotatable bonds is 4. The third-order valence-electron chi connectivity index (χ3n) is 1.76. The molecule has 0 aliphatic heterocycles. The number of esters is 1. The minimum Gasteiger partial charge on any atom is -0.465 e. The molecule has 0 aromatic carbocycles. The summed E-state index contributed by atoms with van der Waals surface area (Å²) in [6.07, 6.45) is 0.942. The van der Waals surface area contributed by atoms with Crippen molar-refractivity contribution in [2.24, 2.45) is 5.73 Å². The van der Waals surface area contributed by atoms with E-state index in [0.717, 1.165) is 0 Å². The van der Waals surface area contributed by atoms with Crippen LogP contribution in [-0.4, -0.2) is 18.1 Å². The maximum Gasteiger partial charge on any atom is 0.323 e. The Balaban J connectivity index is -0.000000500. The Hall–Kier alpha value is 2.09. The molecule has 1 unspecified atom stereocenters. The van der Waals surface area contributed by atoms with E-state index in [1.54, 1.807) is 6.92 Å². The monoisotopic (exact) mass is 523 g/mol. The van der Waals surface area contributed by atoms with Crippen molar-refractivity contribution >= 4 is 5.97 Å². The van der Waals surface area contributed by atoms with Crippen LogP contribution in [0.3, 0.4) is 0 Å². The van der Waals surface area contributed by atoms with Gasteiger partial charge in [-0.1, -0.05) is 6.92 Å². The zero-order valence-corrected chi connectivity index (χ0v) is 17.9. The van der Waals surface area contributed by atoms with Crippen molar-refractivity contribution in [1.82, 2.24) is 0 Å². The van der Waals surface area contributed by atoms with Gasteiger partial charge in [0.25, 0.3) is 0 Å². The molecule has 1 atom stereocenters. The van der Waals surface area contributed by atoms with E-state index >= 15 is 0 Å². The zero-order chi connectivity index (χ0) is 8.91. The molecule has 0 aliphatic carbocycles. The van der Waals surface area contributed by atoms with Gasteiger partial charge in [0.15, 0.2) is 0 Å². The van der Waals surface area contributed by atoms with Crippen LogP contribution in [0.1, 0.15) is 26.7 Å². The average molecular weight is 523 g/mol. The van der Waals surface area contributed by atoms with E-state index in [2.05, 4.69) is 6.92 Å². The summed E-state index contributed by atoms with van der Waals surface area (Å²) in [4.78, 5) is 11.1. The van der Waals surface area contributed by atoms with E-state index in [0.29, 0.717) is 19.4 Å². The minimum atomic E-state index is -0.879. The Bertz CT molecular complexity index is 140. The maximum absolute atomic E-state index is 11.1. The minimum absolute atomic E-state index is 0. The van der Waals surface area contributed by atoms with Gasteiger partial charge in [0.2, 0.25) is 0 Å². The molecule has 0 spiro atoms. The van der Waals surface area contributed by atoms with Crippen LogP contribution in [0.5, 0.6) is 0 Å². The van der Waals surface area contributed by atoms with Gasteiger partial charge >= 0.3 is 5.97 Å². The molecular formula is C8H16LaNO2Ra-. The van der Waals surface area contributed by atoms with Gasteiger partial charge in [-0.3, -0.25) is 4.79 Å². The maximum atomic E-state index is 11.1. The summed E-state index contributed by atoms with van der Waals surface area (Å²) in [5, 5.41) is 0. The Morgan fingerprint density at radius 3 is 2.23 bits per heavy atom. The SMILES string of the molecule is [CH2-]CC(N)(CC)C(=O)OCC.[La].[Ra]. The third-order valence-corrected chi connectivity index (χ3v) is 1.76. The molecule has 0 aromatic heterocycles. The van der Waals surface area contributed by atoms with E-state index in [1.165, 1.54) is 0 Å². The Labute approximate surface area is 145 Å². The fraction of sp³-hybridized carbons (Fsp3) is 0.750. The molecule has 0 rings (SSSR count). The Kier molecular flexibility index (Phi) is 16.7. The van der Waals surface area contributed by atoms with E-state index in [9.17, 15) is 4.79 Å². The molecule has 3 nitrogen and oxygen atoms in total. The van der Waals surface area contributed by atoms with Crippen LogP contribution in [0.15, 0.2) is 0 Å². The number of hydrogen-bond acceptors (Lipinski definition) is 3. The molecule has 71 valence electrons. The number of carbonyl (C=O) groups excluding carboxylic acids is 1. The molecule has 0 aromatic rings. The standard InChI is InChI=1S/C8H16NO2.La.Ra/c1-4-8(9,5-2)7(10)11-6-3;;/h1,4-6,9H2,2-3H3;;/q-1;;. The quantitative estimate of drug-likeness (QED) is 0.440. The third kappa shape index (κ3) is 7.05. The molecule has 0 heterocycles. The first-order valence-electron chi connectivity index (χ1n) is 3.86. The van der Waals surface area contributed by atoms with Gasteiger partial charge in [-0.2, -0.15) is 6.42 Å². The van der Waals surface area contributed by atoms with E-state index < -0.39 is 5.54 Å². The summed E-state index contributed by atoms with van der Waals surface area (Å²) < 4.78 is 4.78. The molecule has 13 heavy (non-hydrogen) atoms. The summed E-state index contributed by atoms with van der Waals surface area (Å²) in [5.74, 6) is -0.350. The van der Waals surface area contributed by atoms with Crippen LogP contribution in [0.2, 0.25) is 0 Å². The number of nitrogens with two attached hydrogens (primary N) is 1. The molecular weight excluding hydrogens is 507 g/mol. The summed E-state index contributed by atoms with van der Waals surface area (Å²) in [7, 11) is 0. The molecule has 0 amide bonds. The van der Waals surface area contributed by atoms with Crippen molar-refractivity contribution in [2.75, 3.05) is 6.61 Å². The molecule has 0 fully saturated rings. The fourth-order valence-electron chi connectivity index (χ4n) is 0.698. The van der Waals surface area contributed by atoms with Crippen LogP contribution >= 0.6 is 0 Å². The normalized spacial score (nSPS) is 13.2. The molecule has 3 radical (unpaired) electrons. The van der Waals surface area contributed by atoms with Gasteiger partial charge in [0.05, 0.1) is 12.1 Å². The first-order chi connectivity index (χ1) is 5.10. The van der Waals surface area contributed by atoms with Crippen molar-refractivity contribution in [3.8, 4) is 0 Å². The summed E-state index contributed by atoms with van der Waals surface area (Å²) >= 11 is 0. The van der Waals surface area contributed by atoms with Crippen molar-refractivity contribution in [3.63, 3.8) is 0 Å². The van der Waals surface area contributed by atoms with Gasteiger partial charge < -0.3 is 17.4 Å². The van der Waals surface area contributed by atoms with Gasteiger partial charge in [-0.25, -0.2) is 0 Å².